The number of esters is 1. The first-order valence-electron chi connectivity index (χ1n) is 9.60. The van der Waals surface area contributed by atoms with E-state index in [0.717, 1.165) is 19.3 Å². The van der Waals surface area contributed by atoms with Crippen LogP contribution in [0.15, 0.2) is 0 Å². The molecule has 2 amide bonds. The fourth-order valence-corrected chi connectivity index (χ4v) is 5.68. The van der Waals surface area contributed by atoms with Crippen LogP contribution < -0.4 is 11.1 Å². The van der Waals surface area contributed by atoms with Gasteiger partial charge in [-0.2, -0.15) is 0 Å². The van der Waals surface area contributed by atoms with Crippen molar-refractivity contribution in [3.63, 3.8) is 0 Å². The molecule has 140 valence electrons. The van der Waals surface area contributed by atoms with Crippen molar-refractivity contribution in [2.75, 3.05) is 6.61 Å². The van der Waals surface area contributed by atoms with Crippen LogP contribution >= 0.6 is 0 Å². The average molecular weight is 350 g/mol. The highest BCUT2D eigenvalue weighted by Crippen LogP contribution is 2.60. The van der Waals surface area contributed by atoms with Gasteiger partial charge in [-0.1, -0.05) is 6.92 Å². The van der Waals surface area contributed by atoms with Gasteiger partial charge in [-0.25, -0.2) is 0 Å². The lowest BCUT2D eigenvalue weighted by atomic mass is 9.49. The molecule has 3 N–H and O–H groups in total. The van der Waals surface area contributed by atoms with Gasteiger partial charge in [0.15, 0.2) is 0 Å². The van der Waals surface area contributed by atoms with Crippen LogP contribution in [0.4, 0.5) is 0 Å². The van der Waals surface area contributed by atoms with Crippen molar-refractivity contribution in [1.82, 2.24) is 5.32 Å². The highest BCUT2D eigenvalue weighted by atomic mass is 16.5. The number of rotatable bonds is 7. The van der Waals surface area contributed by atoms with Crippen LogP contribution in [-0.2, 0) is 19.1 Å². The van der Waals surface area contributed by atoms with Crippen molar-refractivity contribution in [2.24, 2.45) is 34.8 Å². The molecule has 0 heterocycles. The SMILES string of the molecule is CCOC(=O)[C@@H](C)C[C@H](NC(=O)C12CC3CC(CC(C3)C1)C2)C(N)=O. The Morgan fingerprint density at radius 3 is 2.08 bits per heavy atom. The molecular weight excluding hydrogens is 320 g/mol. The first-order chi connectivity index (χ1) is 11.8. The largest absolute Gasteiger partial charge is 0.466 e. The summed E-state index contributed by atoms with van der Waals surface area (Å²) in [7, 11) is 0. The number of hydrogen-bond donors (Lipinski definition) is 2. The third kappa shape index (κ3) is 3.67. The zero-order valence-corrected chi connectivity index (χ0v) is 15.3. The maximum atomic E-state index is 13.1. The van der Waals surface area contributed by atoms with Gasteiger partial charge in [-0.3, -0.25) is 14.4 Å². The number of nitrogens with two attached hydrogens (primary N) is 1. The van der Waals surface area contributed by atoms with Crippen LogP contribution in [0.25, 0.3) is 0 Å². The molecule has 4 aliphatic carbocycles. The third-order valence-electron chi connectivity index (χ3n) is 6.45. The van der Waals surface area contributed by atoms with E-state index in [1.54, 1.807) is 13.8 Å². The van der Waals surface area contributed by atoms with Crippen molar-refractivity contribution < 1.29 is 19.1 Å². The fraction of sp³-hybridized carbons (Fsp3) is 0.842. The number of ether oxygens (including phenoxy) is 1. The van der Waals surface area contributed by atoms with Gasteiger partial charge in [0.2, 0.25) is 11.8 Å². The lowest BCUT2D eigenvalue weighted by Crippen LogP contribution is -2.57. The van der Waals surface area contributed by atoms with E-state index in [1.165, 1.54) is 19.3 Å². The molecule has 2 atom stereocenters. The number of carbonyl (C=O) groups excluding carboxylic acids is 3. The second-order valence-corrected chi connectivity index (χ2v) is 8.52. The van der Waals surface area contributed by atoms with Crippen LogP contribution in [0.2, 0.25) is 0 Å². The van der Waals surface area contributed by atoms with Crippen LogP contribution in [-0.4, -0.2) is 30.4 Å². The third-order valence-corrected chi connectivity index (χ3v) is 6.45. The van der Waals surface area contributed by atoms with E-state index in [4.69, 9.17) is 10.5 Å². The predicted octanol–water partition coefficient (Wildman–Crippen LogP) is 1.76. The summed E-state index contributed by atoms with van der Waals surface area (Å²) in [5.41, 5.74) is 5.17. The maximum Gasteiger partial charge on any atom is 0.308 e. The van der Waals surface area contributed by atoms with Gasteiger partial charge in [0, 0.05) is 5.41 Å². The Labute approximate surface area is 149 Å². The quantitative estimate of drug-likeness (QED) is 0.684. The molecule has 0 aliphatic heterocycles. The molecule has 0 aromatic rings. The molecular formula is C19H30N2O4. The second kappa shape index (κ2) is 6.96. The minimum Gasteiger partial charge on any atom is -0.466 e. The van der Waals surface area contributed by atoms with Gasteiger partial charge in [-0.05, 0) is 69.6 Å². The summed E-state index contributed by atoms with van der Waals surface area (Å²) in [5.74, 6) is 0.500. The Bertz CT molecular complexity index is 524. The molecule has 4 aliphatic rings. The minimum absolute atomic E-state index is 0.0357. The fourth-order valence-electron chi connectivity index (χ4n) is 5.68. The number of hydrogen-bond acceptors (Lipinski definition) is 4. The molecule has 0 unspecified atom stereocenters. The summed E-state index contributed by atoms with van der Waals surface area (Å²) in [6.07, 6.45) is 6.76. The Balaban J connectivity index is 1.65. The van der Waals surface area contributed by atoms with E-state index >= 15 is 0 Å². The monoisotopic (exact) mass is 350 g/mol. The molecule has 4 rings (SSSR count). The van der Waals surface area contributed by atoms with Crippen LogP contribution in [0.5, 0.6) is 0 Å². The van der Waals surface area contributed by atoms with Gasteiger partial charge < -0.3 is 15.8 Å². The molecule has 0 saturated heterocycles. The normalized spacial score (nSPS) is 35.0. The predicted molar refractivity (Wildman–Crippen MR) is 92.1 cm³/mol. The molecule has 6 nitrogen and oxygen atoms in total. The second-order valence-electron chi connectivity index (χ2n) is 8.52. The van der Waals surface area contributed by atoms with E-state index < -0.39 is 17.9 Å². The van der Waals surface area contributed by atoms with Crippen LogP contribution in [0, 0.1) is 29.1 Å². The molecule has 4 saturated carbocycles. The van der Waals surface area contributed by atoms with Crippen molar-refractivity contribution in [3.05, 3.63) is 0 Å². The standard InChI is InChI=1S/C19H30N2O4/c1-3-25-17(23)11(2)4-15(16(20)22)21-18(24)19-8-12-5-13(9-19)7-14(6-12)10-19/h11-15H,3-10H2,1-2H3,(H2,20,22)(H,21,24)/t11-,12?,13?,14?,15-,19?/m0/s1. The molecule has 0 spiro atoms. The van der Waals surface area contributed by atoms with Crippen LogP contribution in [0.1, 0.15) is 58.8 Å². The van der Waals surface area contributed by atoms with E-state index in [2.05, 4.69) is 5.32 Å². The van der Waals surface area contributed by atoms with Gasteiger partial charge in [-0.15, -0.1) is 0 Å². The number of primary amides is 1. The zero-order valence-electron chi connectivity index (χ0n) is 15.3. The summed E-state index contributed by atoms with van der Waals surface area (Å²) in [5, 5.41) is 2.88. The van der Waals surface area contributed by atoms with Gasteiger partial charge in [0.1, 0.15) is 6.04 Å². The van der Waals surface area contributed by atoms with E-state index in [-0.39, 0.29) is 23.7 Å². The van der Waals surface area contributed by atoms with Gasteiger partial charge in [0.25, 0.3) is 0 Å². The smallest absolute Gasteiger partial charge is 0.308 e. The topological polar surface area (TPSA) is 98.5 Å². The first kappa shape index (κ1) is 18.2. The Morgan fingerprint density at radius 1 is 1.12 bits per heavy atom. The molecule has 4 fully saturated rings. The molecule has 4 bridgehead atoms. The van der Waals surface area contributed by atoms with Crippen molar-refractivity contribution in [3.8, 4) is 0 Å². The number of carbonyl (C=O) groups is 3. The summed E-state index contributed by atoms with van der Waals surface area (Å²) in [6.45, 7) is 3.74. The average Bonchev–Trinajstić information content (AvgIpc) is 2.52. The lowest BCUT2D eigenvalue weighted by Gasteiger charge is -2.55. The van der Waals surface area contributed by atoms with E-state index in [0.29, 0.717) is 24.4 Å². The Morgan fingerprint density at radius 2 is 1.64 bits per heavy atom. The number of amides is 2. The Hall–Kier alpha value is -1.59. The summed E-state index contributed by atoms with van der Waals surface area (Å²) >= 11 is 0. The molecule has 0 aromatic carbocycles. The zero-order chi connectivity index (χ0) is 18.2. The van der Waals surface area contributed by atoms with Crippen molar-refractivity contribution in [1.29, 1.82) is 0 Å². The summed E-state index contributed by atoms with van der Waals surface area (Å²) in [6, 6.07) is -0.820. The number of nitrogens with one attached hydrogen (secondary N) is 1. The molecule has 25 heavy (non-hydrogen) atoms. The minimum atomic E-state index is -0.820. The molecule has 6 heteroatoms. The lowest BCUT2D eigenvalue weighted by molar-refractivity contribution is -0.151. The highest BCUT2D eigenvalue weighted by molar-refractivity contribution is 5.90. The van der Waals surface area contributed by atoms with Gasteiger partial charge >= 0.3 is 5.97 Å². The summed E-state index contributed by atoms with van der Waals surface area (Å²) < 4.78 is 4.99. The Kier molecular flexibility index (Phi) is 5.07. The molecule has 0 radical (unpaired) electrons. The maximum absolute atomic E-state index is 13.1. The molecule has 0 aromatic heterocycles. The van der Waals surface area contributed by atoms with E-state index in [1.807, 2.05) is 0 Å². The van der Waals surface area contributed by atoms with Gasteiger partial charge in [0.05, 0.1) is 12.5 Å². The first-order valence-corrected chi connectivity index (χ1v) is 9.60. The van der Waals surface area contributed by atoms with Crippen molar-refractivity contribution in [2.45, 2.75) is 64.8 Å². The van der Waals surface area contributed by atoms with Crippen molar-refractivity contribution >= 4 is 17.8 Å². The van der Waals surface area contributed by atoms with Crippen LogP contribution in [0.3, 0.4) is 0 Å². The summed E-state index contributed by atoms with van der Waals surface area (Å²) in [4.78, 5) is 36.7. The highest BCUT2D eigenvalue weighted by Gasteiger charge is 2.54. The van der Waals surface area contributed by atoms with E-state index in [9.17, 15) is 14.4 Å².